The van der Waals surface area contributed by atoms with Gasteiger partial charge in [0.15, 0.2) is 0 Å². The fraction of sp³-hybridized carbons (Fsp3) is 0.455. The van der Waals surface area contributed by atoms with Crippen LogP contribution in [0.2, 0.25) is 0 Å². The zero-order valence-corrected chi connectivity index (χ0v) is 7.63. The third kappa shape index (κ3) is 1.25. The Morgan fingerprint density at radius 2 is 2.00 bits per heavy atom. The van der Waals surface area contributed by atoms with E-state index in [2.05, 4.69) is 6.92 Å². The molecule has 0 aliphatic heterocycles. The van der Waals surface area contributed by atoms with Gasteiger partial charge in [-0.15, -0.1) is 0 Å². The number of aliphatic hydroxyl groups is 1. The standard InChI is InChI=1S/C11H13FO/c1-8-6-11(8,7-13)9-2-4-10(12)5-3-9/h2-5,8,13H,6-7H2,1H3. The Labute approximate surface area is 77.2 Å². The van der Waals surface area contributed by atoms with Crippen LogP contribution >= 0.6 is 0 Å². The van der Waals surface area contributed by atoms with Crippen molar-refractivity contribution in [2.75, 3.05) is 6.61 Å². The van der Waals surface area contributed by atoms with Gasteiger partial charge in [0, 0.05) is 5.41 Å². The van der Waals surface area contributed by atoms with Crippen molar-refractivity contribution in [3.63, 3.8) is 0 Å². The van der Waals surface area contributed by atoms with E-state index in [1.165, 1.54) is 12.1 Å². The van der Waals surface area contributed by atoms with Crippen molar-refractivity contribution in [1.29, 1.82) is 0 Å². The lowest BCUT2D eigenvalue weighted by Gasteiger charge is -2.13. The second-order valence-corrected chi connectivity index (χ2v) is 3.93. The molecule has 0 saturated heterocycles. The summed E-state index contributed by atoms with van der Waals surface area (Å²) in [6.07, 6.45) is 1.01. The fourth-order valence-electron chi connectivity index (χ4n) is 1.98. The molecular weight excluding hydrogens is 167 g/mol. The Bertz CT molecular complexity index is 302. The van der Waals surface area contributed by atoms with Crippen molar-refractivity contribution in [2.24, 2.45) is 5.92 Å². The van der Waals surface area contributed by atoms with Gasteiger partial charge in [-0.05, 0) is 30.0 Å². The van der Waals surface area contributed by atoms with E-state index in [1.807, 2.05) is 0 Å². The molecule has 0 bridgehead atoms. The monoisotopic (exact) mass is 180 g/mol. The molecular formula is C11H13FO. The Balaban J connectivity index is 2.31. The van der Waals surface area contributed by atoms with Gasteiger partial charge in [0.1, 0.15) is 5.82 Å². The number of hydrogen-bond acceptors (Lipinski definition) is 1. The van der Waals surface area contributed by atoms with Crippen LogP contribution in [0.15, 0.2) is 24.3 Å². The van der Waals surface area contributed by atoms with E-state index in [0.717, 1.165) is 12.0 Å². The van der Waals surface area contributed by atoms with E-state index < -0.39 is 0 Å². The van der Waals surface area contributed by atoms with Crippen LogP contribution in [0.4, 0.5) is 4.39 Å². The van der Waals surface area contributed by atoms with Gasteiger partial charge < -0.3 is 5.11 Å². The molecule has 2 heteroatoms. The highest BCUT2D eigenvalue weighted by Gasteiger charge is 2.51. The average molecular weight is 180 g/mol. The van der Waals surface area contributed by atoms with E-state index >= 15 is 0 Å². The lowest BCUT2D eigenvalue weighted by atomic mass is 9.95. The van der Waals surface area contributed by atoms with Crippen LogP contribution < -0.4 is 0 Å². The molecule has 1 nitrogen and oxygen atoms in total. The smallest absolute Gasteiger partial charge is 0.123 e. The zero-order chi connectivity index (χ0) is 9.47. The molecule has 0 aromatic heterocycles. The molecule has 1 aromatic carbocycles. The van der Waals surface area contributed by atoms with E-state index in [4.69, 9.17) is 0 Å². The predicted octanol–water partition coefficient (Wildman–Crippen LogP) is 2.10. The summed E-state index contributed by atoms with van der Waals surface area (Å²) in [6, 6.07) is 6.46. The lowest BCUT2D eigenvalue weighted by Crippen LogP contribution is -2.14. The van der Waals surface area contributed by atoms with E-state index in [0.29, 0.717) is 5.92 Å². The highest BCUT2D eigenvalue weighted by Crippen LogP contribution is 2.53. The molecule has 1 saturated carbocycles. The molecule has 2 atom stereocenters. The quantitative estimate of drug-likeness (QED) is 0.739. The molecule has 1 aliphatic carbocycles. The lowest BCUT2D eigenvalue weighted by molar-refractivity contribution is 0.247. The molecule has 70 valence electrons. The second kappa shape index (κ2) is 2.81. The molecule has 1 N–H and O–H groups in total. The van der Waals surface area contributed by atoms with Crippen LogP contribution in [-0.2, 0) is 5.41 Å². The van der Waals surface area contributed by atoms with Crippen molar-refractivity contribution in [3.05, 3.63) is 35.6 Å². The van der Waals surface area contributed by atoms with Crippen LogP contribution in [0.3, 0.4) is 0 Å². The summed E-state index contributed by atoms with van der Waals surface area (Å²) in [5.74, 6) is 0.299. The van der Waals surface area contributed by atoms with Crippen LogP contribution in [-0.4, -0.2) is 11.7 Å². The molecule has 1 aromatic rings. The third-order valence-electron chi connectivity index (χ3n) is 3.15. The molecule has 2 unspecified atom stereocenters. The van der Waals surface area contributed by atoms with Gasteiger partial charge in [0.2, 0.25) is 0 Å². The summed E-state index contributed by atoms with van der Waals surface area (Å²) in [4.78, 5) is 0. The topological polar surface area (TPSA) is 20.2 Å². The molecule has 0 radical (unpaired) electrons. The first-order chi connectivity index (χ1) is 6.19. The number of halogens is 1. The first-order valence-electron chi connectivity index (χ1n) is 4.56. The number of aliphatic hydroxyl groups excluding tert-OH is 1. The Morgan fingerprint density at radius 3 is 2.38 bits per heavy atom. The van der Waals surface area contributed by atoms with Crippen molar-refractivity contribution < 1.29 is 9.50 Å². The minimum Gasteiger partial charge on any atom is -0.395 e. The molecule has 13 heavy (non-hydrogen) atoms. The van der Waals surface area contributed by atoms with Crippen LogP contribution in [0.25, 0.3) is 0 Å². The summed E-state index contributed by atoms with van der Waals surface area (Å²) in [5.41, 5.74) is 0.983. The average Bonchev–Trinajstić information content (AvgIpc) is 2.79. The molecule has 2 rings (SSSR count). The van der Waals surface area contributed by atoms with Crippen LogP contribution in [0.1, 0.15) is 18.9 Å². The number of hydrogen-bond donors (Lipinski definition) is 1. The number of benzene rings is 1. The summed E-state index contributed by atoms with van der Waals surface area (Å²) in [6.45, 7) is 2.28. The van der Waals surface area contributed by atoms with Gasteiger partial charge >= 0.3 is 0 Å². The predicted molar refractivity (Wildman–Crippen MR) is 48.9 cm³/mol. The van der Waals surface area contributed by atoms with Crippen molar-refractivity contribution in [3.8, 4) is 0 Å². The first kappa shape index (κ1) is 8.70. The zero-order valence-electron chi connectivity index (χ0n) is 7.63. The summed E-state index contributed by atoms with van der Waals surface area (Å²) >= 11 is 0. The van der Waals surface area contributed by atoms with Crippen LogP contribution in [0.5, 0.6) is 0 Å². The van der Waals surface area contributed by atoms with E-state index in [-0.39, 0.29) is 17.8 Å². The Hall–Kier alpha value is -0.890. The third-order valence-corrected chi connectivity index (χ3v) is 3.15. The fourth-order valence-corrected chi connectivity index (χ4v) is 1.98. The highest BCUT2D eigenvalue weighted by molar-refractivity contribution is 5.33. The second-order valence-electron chi connectivity index (χ2n) is 3.93. The van der Waals surface area contributed by atoms with Crippen molar-refractivity contribution in [2.45, 2.75) is 18.8 Å². The van der Waals surface area contributed by atoms with Crippen molar-refractivity contribution >= 4 is 0 Å². The van der Waals surface area contributed by atoms with E-state index in [1.54, 1.807) is 12.1 Å². The minimum absolute atomic E-state index is 0.0757. The number of rotatable bonds is 2. The van der Waals surface area contributed by atoms with Gasteiger partial charge in [-0.1, -0.05) is 19.1 Å². The molecule has 0 heterocycles. The van der Waals surface area contributed by atoms with Gasteiger partial charge in [0.25, 0.3) is 0 Å². The van der Waals surface area contributed by atoms with Gasteiger partial charge in [0.05, 0.1) is 6.61 Å². The normalized spacial score (nSPS) is 31.8. The molecule has 0 amide bonds. The maximum atomic E-state index is 12.6. The minimum atomic E-state index is -0.217. The summed E-state index contributed by atoms with van der Waals surface area (Å²) in [5, 5.41) is 9.26. The summed E-state index contributed by atoms with van der Waals surface area (Å²) < 4.78 is 12.6. The molecule has 1 aliphatic rings. The maximum Gasteiger partial charge on any atom is 0.123 e. The SMILES string of the molecule is CC1CC1(CO)c1ccc(F)cc1. The highest BCUT2D eigenvalue weighted by atomic mass is 19.1. The van der Waals surface area contributed by atoms with Gasteiger partial charge in [-0.2, -0.15) is 0 Å². The van der Waals surface area contributed by atoms with Crippen molar-refractivity contribution in [1.82, 2.24) is 0 Å². The van der Waals surface area contributed by atoms with Gasteiger partial charge in [-0.25, -0.2) is 4.39 Å². The first-order valence-corrected chi connectivity index (χ1v) is 4.56. The maximum absolute atomic E-state index is 12.6. The van der Waals surface area contributed by atoms with E-state index in [9.17, 15) is 9.50 Å². The Morgan fingerprint density at radius 1 is 1.46 bits per heavy atom. The van der Waals surface area contributed by atoms with Crippen LogP contribution in [0, 0.1) is 11.7 Å². The summed E-state index contributed by atoms with van der Waals surface area (Å²) in [7, 11) is 0. The molecule has 1 fully saturated rings. The Kier molecular flexibility index (Phi) is 1.88. The van der Waals surface area contributed by atoms with Gasteiger partial charge in [-0.3, -0.25) is 0 Å². The molecule has 0 spiro atoms. The largest absolute Gasteiger partial charge is 0.395 e.